The first kappa shape index (κ1) is 22.8. The van der Waals surface area contributed by atoms with Gasteiger partial charge in [0.05, 0.1) is 17.3 Å². The van der Waals surface area contributed by atoms with Crippen molar-refractivity contribution in [2.75, 3.05) is 0 Å². The summed E-state index contributed by atoms with van der Waals surface area (Å²) in [6.07, 6.45) is 10.4. The molecule has 0 radical (unpaired) electrons. The predicted octanol–water partition coefficient (Wildman–Crippen LogP) is 4.66. The zero-order chi connectivity index (χ0) is 21.9. The molecule has 1 aromatic carbocycles. The minimum atomic E-state index is -0.946. The number of aryl methyl sites for hydroxylation is 1. The van der Waals surface area contributed by atoms with E-state index in [4.69, 9.17) is 4.74 Å². The van der Waals surface area contributed by atoms with Crippen LogP contribution in [0.2, 0.25) is 0 Å². The van der Waals surface area contributed by atoms with Gasteiger partial charge in [-0.3, -0.25) is 0 Å². The molecule has 1 heterocycles. The van der Waals surface area contributed by atoms with Crippen LogP contribution in [-0.2, 0) is 6.42 Å². The number of unbranched alkanes of at least 4 members (excludes halogenated alkanes) is 2. The van der Waals surface area contributed by atoms with E-state index in [1.807, 2.05) is 19.1 Å². The van der Waals surface area contributed by atoms with Crippen molar-refractivity contribution in [3.8, 4) is 5.75 Å². The Kier molecular flexibility index (Phi) is 7.25. The molecule has 1 aliphatic heterocycles. The summed E-state index contributed by atoms with van der Waals surface area (Å²) in [5.74, 6) is -0.0904. The van der Waals surface area contributed by atoms with Crippen molar-refractivity contribution in [1.82, 2.24) is 0 Å². The van der Waals surface area contributed by atoms with E-state index in [-0.39, 0.29) is 23.5 Å². The Morgan fingerprint density at radius 2 is 2.10 bits per heavy atom. The van der Waals surface area contributed by atoms with Crippen LogP contribution in [0, 0.1) is 18.8 Å². The number of carbonyl (C=O) groups is 1. The molecule has 1 aliphatic carbocycles. The number of rotatable bonds is 8. The normalized spacial score (nSPS) is 27.8. The van der Waals surface area contributed by atoms with Crippen molar-refractivity contribution in [1.29, 1.82) is 0 Å². The fourth-order valence-electron chi connectivity index (χ4n) is 5.04. The Bertz CT molecular complexity index is 782. The molecule has 0 amide bonds. The lowest BCUT2D eigenvalue weighted by Gasteiger charge is -2.23. The Labute approximate surface area is 179 Å². The van der Waals surface area contributed by atoms with Gasteiger partial charge in [0.2, 0.25) is 0 Å². The Morgan fingerprint density at radius 1 is 1.33 bits per heavy atom. The maximum Gasteiger partial charge on any atom is 0.336 e. The highest BCUT2D eigenvalue weighted by Crippen LogP contribution is 2.44. The number of hydrogen-bond acceptors (Lipinski definition) is 4. The maximum atomic E-state index is 11.5. The average Bonchev–Trinajstić information content (AvgIpc) is 2.84. The van der Waals surface area contributed by atoms with Gasteiger partial charge in [0.25, 0.3) is 0 Å². The SMILES string of the molecule is CCCCC[C@](C)(O)C/C=C/[C@@H]1[C@H]2CCc3ccc(C(=O)O)c(C)c3O[C@H]2C[C@H]1O. The van der Waals surface area contributed by atoms with Crippen LogP contribution in [0.4, 0.5) is 0 Å². The molecule has 30 heavy (non-hydrogen) atoms. The second kappa shape index (κ2) is 9.52. The lowest BCUT2D eigenvalue weighted by molar-refractivity contribution is 0.0508. The largest absolute Gasteiger partial charge is 0.489 e. The monoisotopic (exact) mass is 416 g/mol. The van der Waals surface area contributed by atoms with Crippen molar-refractivity contribution in [2.45, 2.75) is 89.9 Å². The molecule has 3 N–H and O–H groups in total. The third-order valence-electron chi connectivity index (χ3n) is 6.86. The molecule has 0 aromatic heterocycles. The van der Waals surface area contributed by atoms with Crippen LogP contribution < -0.4 is 4.74 Å². The first-order chi connectivity index (χ1) is 14.2. The molecule has 1 aromatic rings. The van der Waals surface area contributed by atoms with E-state index >= 15 is 0 Å². The topological polar surface area (TPSA) is 87.0 Å². The molecule has 0 unspecified atom stereocenters. The fraction of sp³-hybridized carbons (Fsp3) is 0.640. The third-order valence-corrected chi connectivity index (χ3v) is 6.86. The molecule has 2 aliphatic rings. The van der Waals surface area contributed by atoms with Crippen LogP contribution in [0.1, 0.15) is 80.3 Å². The summed E-state index contributed by atoms with van der Waals surface area (Å²) >= 11 is 0. The molecule has 0 bridgehead atoms. The Hall–Kier alpha value is -1.85. The summed E-state index contributed by atoms with van der Waals surface area (Å²) in [7, 11) is 0. The number of hydrogen-bond donors (Lipinski definition) is 3. The molecule has 1 fully saturated rings. The van der Waals surface area contributed by atoms with Gasteiger partial charge in [-0.05, 0) is 51.2 Å². The maximum absolute atomic E-state index is 11.5. The average molecular weight is 417 g/mol. The van der Waals surface area contributed by atoms with Gasteiger partial charge in [0.15, 0.2) is 0 Å². The highest BCUT2D eigenvalue weighted by molar-refractivity contribution is 5.90. The molecule has 5 nitrogen and oxygen atoms in total. The quantitative estimate of drug-likeness (QED) is 0.424. The molecular formula is C25H36O5. The number of aliphatic hydroxyl groups is 2. The van der Waals surface area contributed by atoms with Crippen LogP contribution in [0.25, 0.3) is 0 Å². The van der Waals surface area contributed by atoms with Crippen molar-refractivity contribution in [3.63, 3.8) is 0 Å². The summed E-state index contributed by atoms with van der Waals surface area (Å²) in [5, 5.41) is 30.7. The first-order valence-corrected chi connectivity index (χ1v) is 11.3. The lowest BCUT2D eigenvalue weighted by atomic mass is 9.87. The zero-order valence-electron chi connectivity index (χ0n) is 18.4. The van der Waals surface area contributed by atoms with E-state index < -0.39 is 17.7 Å². The number of aliphatic hydroxyl groups excluding tert-OH is 1. The summed E-state index contributed by atoms with van der Waals surface area (Å²) in [6.45, 7) is 5.84. The first-order valence-electron chi connectivity index (χ1n) is 11.3. The number of carboxylic acid groups (broad SMARTS) is 1. The van der Waals surface area contributed by atoms with E-state index in [1.165, 1.54) is 0 Å². The zero-order valence-corrected chi connectivity index (χ0v) is 18.4. The number of aromatic carboxylic acids is 1. The van der Waals surface area contributed by atoms with Crippen molar-refractivity contribution < 1.29 is 24.9 Å². The Balaban J connectivity index is 1.70. The van der Waals surface area contributed by atoms with E-state index in [2.05, 4.69) is 13.0 Å². The van der Waals surface area contributed by atoms with Gasteiger partial charge in [-0.15, -0.1) is 0 Å². The second-order valence-electron chi connectivity index (χ2n) is 9.36. The highest BCUT2D eigenvalue weighted by atomic mass is 16.5. The van der Waals surface area contributed by atoms with Gasteiger partial charge in [-0.1, -0.05) is 44.4 Å². The van der Waals surface area contributed by atoms with Crippen LogP contribution in [0.15, 0.2) is 24.3 Å². The second-order valence-corrected chi connectivity index (χ2v) is 9.36. The summed E-state index contributed by atoms with van der Waals surface area (Å²) in [6, 6.07) is 3.52. The van der Waals surface area contributed by atoms with Crippen LogP contribution >= 0.6 is 0 Å². The smallest absolute Gasteiger partial charge is 0.336 e. The fourth-order valence-corrected chi connectivity index (χ4v) is 5.04. The van der Waals surface area contributed by atoms with Gasteiger partial charge in [-0.25, -0.2) is 4.79 Å². The predicted molar refractivity (Wildman–Crippen MR) is 117 cm³/mol. The molecule has 3 rings (SSSR count). The Morgan fingerprint density at radius 3 is 2.80 bits per heavy atom. The van der Waals surface area contributed by atoms with Crippen molar-refractivity contribution in [3.05, 3.63) is 41.0 Å². The minimum Gasteiger partial charge on any atom is -0.489 e. The lowest BCUT2D eigenvalue weighted by Crippen LogP contribution is -2.25. The highest BCUT2D eigenvalue weighted by Gasteiger charge is 2.44. The van der Waals surface area contributed by atoms with Crippen LogP contribution in [0.5, 0.6) is 5.75 Å². The molecule has 166 valence electrons. The molecule has 1 saturated carbocycles. The molecular weight excluding hydrogens is 380 g/mol. The van der Waals surface area contributed by atoms with Crippen LogP contribution in [-0.4, -0.2) is 39.1 Å². The third kappa shape index (κ3) is 5.06. The van der Waals surface area contributed by atoms with E-state index in [9.17, 15) is 20.1 Å². The molecule has 5 heteroatoms. The van der Waals surface area contributed by atoms with Crippen molar-refractivity contribution in [2.24, 2.45) is 11.8 Å². The van der Waals surface area contributed by atoms with Gasteiger partial charge < -0.3 is 20.1 Å². The van der Waals surface area contributed by atoms with Crippen molar-refractivity contribution >= 4 is 5.97 Å². The van der Waals surface area contributed by atoms with Gasteiger partial charge >= 0.3 is 5.97 Å². The van der Waals surface area contributed by atoms with E-state index in [0.29, 0.717) is 24.2 Å². The summed E-state index contributed by atoms with van der Waals surface area (Å²) < 4.78 is 6.31. The number of carboxylic acids is 1. The van der Waals surface area contributed by atoms with Gasteiger partial charge in [0.1, 0.15) is 11.9 Å². The molecule has 0 saturated heterocycles. The van der Waals surface area contributed by atoms with E-state index in [0.717, 1.165) is 44.1 Å². The number of ether oxygens (including phenoxy) is 1. The van der Waals surface area contributed by atoms with Gasteiger partial charge in [-0.2, -0.15) is 0 Å². The number of fused-ring (bicyclic) bond motifs is 2. The van der Waals surface area contributed by atoms with Crippen LogP contribution in [0.3, 0.4) is 0 Å². The summed E-state index contributed by atoms with van der Waals surface area (Å²) in [5.41, 5.74) is 1.27. The van der Waals surface area contributed by atoms with E-state index in [1.54, 1.807) is 13.0 Å². The molecule has 0 spiro atoms. The standard InChI is InChI=1S/C25H36O5/c1-4-5-6-13-25(3,29)14-7-8-19-20-12-10-17-9-11-18(24(27)28)16(2)23(17)30-22(20)15-21(19)26/h7-9,11,19-22,26,29H,4-6,10,12-15H2,1-3H3,(H,27,28)/b8-7+/t19-,20-,21-,22+,25+/m1/s1. The number of benzene rings is 1. The minimum absolute atomic E-state index is 0.00463. The summed E-state index contributed by atoms with van der Waals surface area (Å²) in [4.78, 5) is 11.5. The van der Waals surface area contributed by atoms with Gasteiger partial charge in [0, 0.05) is 23.8 Å². The molecule has 5 atom stereocenters.